The second-order valence-electron chi connectivity index (χ2n) is 2.65. The van der Waals surface area contributed by atoms with Crippen molar-refractivity contribution in [2.45, 2.75) is 17.7 Å². The molecule has 64 valence electrons. The average molecular weight is 179 g/mol. The topological polar surface area (TPSA) is 97.5 Å². The fourth-order valence-electron chi connectivity index (χ4n) is 1.16. The number of carboxylic acid groups (broad SMARTS) is 1. The summed E-state index contributed by atoms with van der Waals surface area (Å²) in [5, 5.41) is 7.15. The lowest BCUT2D eigenvalue weighted by molar-refractivity contribution is -0.136. The van der Waals surface area contributed by atoms with Crippen LogP contribution in [0.25, 0.3) is 0 Å². The molecule has 0 spiro atoms. The van der Waals surface area contributed by atoms with Crippen molar-refractivity contribution in [3.63, 3.8) is 0 Å². The maximum absolute atomic E-state index is 11.0. The van der Waals surface area contributed by atoms with Gasteiger partial charge in [0.1, 0.15) is 0 Å². The minimum Gasteiger partial charge on any atom is -0.480 e. The standard InChI is InChI=1S/C5H9NO4S/c6-3-1-4(5(7)8)11(9,10)2-3/h3-4H,1-2,6H2,(H,7,8)/t3-,4?/m0/s1. The Kier molecular flexibility index (Phi) is 1.89. The highest BCUT2D eigenvalue weighted by Gasteiger charge is 2.41. The van der Waals surface area contributed by atoms with Crippen molar-refractivity contribution >= 4 is 15.8 Å². The normalized spacial score (nSPS) is 35.4. The molecule has 1 unspecified atom stereocenters. The first-order chi connectivity index (χ1) is 4.93. The van der Waals surface area contributed by atoms with E-state index >= 15 is 0 Å². The third-order valence-corrected chi connectivity index (χ3v) is 3.83. The van der Waals surface area contributed by atoms with Crippen molar-refractivity contribution in [2.75, 3.05) is 5.75 Å². The number of hydrogen-bond acceptors (Lipinski definition) is 4. The molecule has 6 heteroatoms. The van der Waals surface area contributed by atoms with Crippen LogP contribution in [0.3, 0.4) is 0 Å². The first-order valence-corrected chi connectivity index (χ1v) is 4.85. The molecule has 0 saturated carbocycles. The van der Waals surface area contributed by atoms with E-state index in [0.717, 1.165) is 0 Å². The second kappa shape index (κ2) is 2.46. The van der Waals surface area contributed by atoms with Crippen molar-refractivity contribution in [2.24, 2.45) is 5.73 Å². The molecule has 1 aliphatic rings. The van der Waals surface area contributed by atoms with Crippen LogP contribution >= 0.6 is 0 Å². The van der Waals surface area contributed by atoms with E-state index in [1.807, 2.05) is 0 Å². The van der Waals surface area contributed by atoms with E-state index in [1.54, 1.807) is 0 Å². The number of carbonyl (C=O) groups is 1. The molecule has 0 aromatic carbocycles. The van der Waals surface area contributed by atoms with Crippen LogP contribution < -0.4 is 5.73 Å². The Bertz CT molecular complexity index is 270. The Morgan fingerprint density at radius 3 is 2.27 bits per heavy atom. The maximum Gasteiger partial charge on any atom is 0.321 e. The zero-order valence-electron chi connectivity index (χ0n) is 5.73. The molecular weight excluding hydrogens is 170 g/mol. The van der Waals surface area contributed by atoms with Gasteiger partial charge in [-0.1, -0.05) is 0 Å². The summed E-state index contributed by atoms with van der Waals surface area (Å²) in [6.45, 7) is 0. The Balaban J connectivity index is 2.92. The molecule has 0 radical (unpaired) electrons. The molecule has 1 rings (SSSR count). The van der Waals surface area contributed by atoms with E-state index in [1.165, 1.54) is 0 Å². The van der Waals surface area contributed by atoms with Crippen LogP contribution in [0.5, 0.6) is 0 Å². The van der Waals surface area contributed by atoms with Crippen molar-refractivity contribution in [3.05, 3.63) is 0 Å². The van der Waals surface area contributed by atoms with E-state index in [2.05, 4.69) is 0 Å². The molecule has 0 aliphatic carbocycles. The molecule has 0 aromatic heterocycles. The van der Waals surface area contributed by atoms with E-state index in [4.69, 9.17) is 10.8 Å². The van der Waals surface area contributed by atoms with Crippen molar-refractivity contribution in [3.8, 4) is 0 Å². The van der Waals surface area contributed by atoms with E-state index in [-0.39, 0.29) is 12.2 Å². The number of sulfone groups is 1. The van der Waals surface area contributed by atoms with Gasteiger partial charge in [-0.15, -0.1) is 0 Å². The predicted molar refractivity (Wildman–Crippen MR) is 37.8 cm³/mol. The van der Waals surface area contributed by atoms with Crippen LogP contribution in [0, 0.1) is 0 Å². The van der Waals surface area contributed by atoms with Crippen LogP contribution in [0.4, 0.5) is 0 Å². The number of nitrogens with two attached hydrogens (primary N) is 1. The van der Waals surface area contributed by atoms with E-state index in [0.29, 0.717) is 0 Å². The minimum absolute atomic E-state index is 0.0394. The van der Waals surface area contributed by atoms with Gasteiger partial charge in [0.05, 0.1) is 5.75 Å². The summed E-state index contributed by atoms with van der Waals surface area (Å²) in [6.07, 6.45) is 0.0394. The van der Waals surface area contributed by atoms with Gasteiger partial charge in [0.25, 0.3) is 0 Å². The zero-order chi connectivity index (χ0) is 8.65. The molecule has 1 fully saturated rings. The zero-order valence-corrected chi connectivity index (χ0v) is 6.54. The van der Waals surface area contributed by atoms with Crippen molar-refractivity contribution < 1.29 is 18.3 Å². The summed E-state index contributed by atoms with van der Waals surface area (Å²) in [7, 11) is -3.46. The van der Waals surface area contributed by atoms with Crippen LogP contribution in [0.2, 0.25) is 0 Å². The average Bonchev–Trinajstić information content (AvgIpc) is 2.04. The van der Waals surface area contributed by atoms with E-state index in [9.17, 15) is 13.2 Å². The van der Waals surface area contributed by atoms with Gasteiger partial charge in [0, 0.05) is 6.04 Å². The molecule has 0 amide bonds. The van der Waals surface area contributed by atoms with Gasteiger partial charge in [-0.05, 0) is 6.42 Å². The smallest absolute Gasteiger partial charge is 0.321 e. The number of rotatable bonds is 1. The van der Waals surface area contributed by atoms with Crippen LogP contribution in [-0.4, -0.2) is 36.5 Å². The first-order valence-electron chi connectivity index (χ1n) is 3.13. The maximum atomic E-state index is 11.0. The number of hydrogen-bond donors (Lipinski definition) is 2. The summed E-state index contributed by atoms with van der Waals surface area (Å²) in [5.41, 5.74) is 5.30. The Hall–Kier alpha value is -0.620. The third-order valence-electron chi connectivity index (χ3n) is 1.67. The molecular formula is C5H9NO4S. The Morgan fingerprint density at radius 2 is 2.09 bits per heavy atom. The highest BCUT2D eigenvalue weighted by Crippen LogP contribution is 2.18. The predicted octanol–water partition coefficient (Wildman–Crippen LogP) is -1.41. The monoisotopic (exact) mass is 179 g/mol. The summed E-state index contributed by atoms with van der Waals surface area (Å²) < 4.78 is 21.9. The second-order valence-corrected chi connectivity index (χ2v) is 4.88. The summed E-state index contributed by atoms with van der Waals surface area (Å²) in [4.78, 5) is 10.3. The van der Waals surface area contributed by atoms with Crippen LogP contribution in [-0.2, 0) is 14.6 Å². The summed E-state index contributed by atoms with van der Waals surface area (Å²) in [5.74, 6) is -1.50. The largest absolute Gasteiger partial charge is 0.480 e. The lowest BCUT2D eigenvalue weighted by atomic mass is 10.2. The first kappa shape index (κ1) is 8.48. The summed E-state index contributed by atoms with van der Waals surface area (Å²) in [6, 6.07) is -0.513. The van der Waals surface area contributed by atoms with Gasteiger partial charge in [-0.3, -0.25) is 4.79 Å². The van der Waals surface area contributed by atoms with Crippen molar-refractivity contribution in [1.29, 1.82) is 0 Å². The van der Waals surface area contributed by atoms with E-state index < -0.39 is 27.1 Å². The van der Waals surface area contributed by atoms with Gasteiger partial charge < -0.3 is 10.8 Å². The lowest BCUT2D eigenvalue weighted by Gasteiger charge is -1.99. The van der Waals surface area contributed by atoms with Gasteiger partial charge in [-0.2, -0.15) is 0 Å². The fraction of sp³-hybridized carbons (Fsp3) is 0.800. The van der Waals surface area contributed by atoms with Crippen LogP contribution in [0.15, 0.2) is 0 Å². The SMILES string of the molecule is N[C@H]1CC(C(=O)O)S(=O)(=O)C1. The third kappa shape index (κ3) is 1.51. The molecule has 0 bridgehead atoms. The fourth-order valence-corrected chi connectivity index (χ4v) is 2.97. The molecule has 2 atom stereocenters. The highest BCUT2D eigenvalue weighted by atomic mass is 32.2. The molecule has 0 aromatic rings. The van der Waals surface area contributed by atoms with Gasteiger partial charge in [0.15, 0.2) is 15.1 Å². The van der Waals surface area contributed by atoms with Gasteiger partial charge in [0.2, 0.25) is 0 Å². The molecule has 1 heterocycles. The van der Waals surface area contributed by atoms with Gasteiger partial charge in [-0.25, -0.2) is 8.42 Å². The number of aliphatic carboxylic acids is 1. The minimum atomic E-state index is -3.46. The van der Waals surface area contributed by atoms with Crippen LogP contribution in [0.1, 0.15) is 6.42 Å². The molecule has 11 heavy (non-hydrogen) atoms. The van der Waals surface area contributed by atoms with Crippen molar-refractivity contribution in [1.82, 2.24) is 0 Å². The lowest BCUT2D eigenvalue weighted by Crippen LogP contribution is -2.25. The quantitative estimate of drug-likeness (QED) is 0.515. The molecule has 5 nitrogen and oxygen atoms in total. The molecule has 1 aliphatic heterocycles. The Labute approximate surface area is 64.1 Å². The summed E-state index contributed by atoms with van der Waals surface area (Å²) >= 11 is 0. The molecule has 1 saturated heterocycles. The van der Waals surface area contributed by atoms with Gasteiger partial charge >= 0.3 is 5.97 Å². The number of carboxylic acids is 1. The highest BCUT2D eigenvalue weighted by molar-refractivity contribution is 7.93. The Morgan fingerprint density at radius 1 is 1.55 bits per heavy atom. The molecule has 3 N–H and O–H groups in total.